The predicted molar refractivity (Wildman–Crippen MR) is 85.7 cm³/mol. The van der Waals surface area contributed by atoms with Crippen molar-refractivity contribution < 1.29 is 4.39 Å². The van der Waals surface area contributed by atoms with Crippen molar-refractivity contribution in [1.29, 1.82) is 0 Å². The molecule has 0 aliphatic heterocycles. The Bertz CT molecular complexity index is 838. The van der Waals surface area contributed by atoms with Crippen molar-refractivity contribution in [2.75, 3.05) is 0 Å². The van der Waals surface area contributed by atoms with Gasteiger partial charge >= 0.3 is 0 Å². The molecule has 0 saturated heterocycles. The number of aromatic nitrogens is 4. The highest BCUT2D eigenvalue weighted by molar-refractivity contribution is 14.1. The van der Waals surface area contributed by atoms with Crippen LogP contribution in [0, 0.1) is 21.1 Å². The second-order valence-corrected chi connectivity index (χ2v) is 6.00. The maximum atomic E-state index is 13.7. The van der Waals surface area contributed by atoms with Gasteiger partial charge in [-0.25, -0.2) is 4.39 Å². The third-order valence-corrected chi connectivity index (χ3v) is 4.12. The van der Waals surface area contributed by atoms with E-state index in [0.717, 1.165) is 22.4 Å². The Balaban J connectivity index is 2.11. The molecular weight excluding hydrogens is 390 g/mol. The smallest absolute Gasteiger partial charge is 0.178 e. The largest absolute Gasteiger partial charge is 0.331 e. The fourth-order valence-electron chi connectivity index (χ4n) is 1.97. The Labute approximate surface area is 133 Å². The predicted octanol–water partition coefficient (Wildman–Crippen LogP) is 3.59. The van der Waals surface area contributed by atoms with Gasteiger partial charge in [-0.05, 0) is 47.8 Å². The first kappa shape index (κ1) is 13.6. The lowest BCUT2D eigenvalue weighted by atomic mass is 10.3. The van der Waals surface area contributed by atoms with Crippen LogP contribution < -0.4 is 0 Å². The third kappa shape index (κ3) is 2.47. The standard InChI is InChI=1S/C13H10FIN4S/c1-7-4-17-8(5-16-7)6-19-12-2-9(14)10(15)3-11(12)18-13(19)20/h2-5H,6H2,1H3,(H,18,20). The van der Waals surface area contributed by atoms with Gasteiger partial charge in [0.2, 0.25) is 0 Å². The fourth-order valence-corrected chi connectivity index (χ4v) is 2.71. The van der Waals surface area contributed by atoms with Gasteiger partial charge in [0.05, 0.1) is 38.7 Å². The summed E-state index contributed by atoms with van der Waals surface area (Å²) in [7, 11) is 0. The van der Waals surface area contributed by atoms with Gasteiger partial charge in [-0.15, -0.1) is 0 Å². The summed E-state index contributed by atoms with van der Waals surface area (Å²) >= 11 is 7.26. The molecule has 102 valence electrons. The first-order chi connectivity index (χ1) is 9.54. The molecule has 0 aliphatic rings. The monoisotopic (exact) mass is 400 g/mol. The van der Waals surface area contributed by atoms with E-state index >= 15 is 0 Å². The second kappa shape index (κ2) is 5.21. The molecule has 0 aliphatic carbocycles. The number of aryl methyl sites for hydroxylation is 1. The van der Waals surface area contributed by atoms with Crippen LogP contribution in [0.25, 0.3) is 11.0 Å². The summed E-state index contributed by atoms with van der Waals surface area (Å²) in [6.07, 6.45) is 3.41. The van der Waals surface area contributed by atoms with E-state index in [-0.39, 0.29) is 5.82 Å². The van der Waals surface area contributed by atoms with Gasteiger partial charge in [0, 0.05) is 12.3 Å². The van der Waals surface area contributed by atoms with E-state index in [4.69, 9.17) is 12.2 Å². The zero-order valence-electron chi connectivity index (χ0n) is 10.5. The summed E-state index contributed by atoms with van der Waals surface area (Å²) in [4.78, 5) is 11.6. The molecule has 20 heavy (non-hydrogen) atoms. The number of halogens is 2. The summed E-state index contributed by atoms with van der Waals surface area (Å²) in [5.74, 6) is -0.254. The molecule has 0 fully saturated rings. The number of hydrogen-bond donors (Lipinski definition) is 1. The molecule has 2 aromatic heterocycles. The summed E-state index contributed by atoms with van der Waals surface area (Å²) in [6, 6.07) is 3.24. The molecule has 0 amide bonds. The van der Waals surface area contributed by atoms with Gasteiger partial charge in [-0.1, -0.05) is 0 Å². The number of aromatic amines is 1. The highest BCUT2D eigenvalue weighted by Crippen LogP contribution is 2.21. The molecule has 0 spiro atoms. The van der Waals surface area contributed by atoms with Gasteiger partial charge in [-0.3, -0.25) is 9.97 Å². The Morgan fingerprint density at radius 3 is 2.85 bits per heavy atom. The Hall–Kier alpha value is -1.35. The Kier molecular flexibility index (Phi) is 3.55. The van der Waals surface area contributed by atoms with Crippen molar-refractivity contribution in [3.05, 3.63) is 50.1 Å². The third-order valence-electron chi connectivity index (χ3n) is 2.97. The number of benzene rings is 1. The summed E-state index contributed by atoms with van der Waals surface area (Å²) in [5, 5.41) is 0. The van der Waals surface area contributed by atoms with E-state index in [0.29, 0.717) is 14.9 Å². The number of nitrogens with one attached hydrogen (secondary N) is 1. The Morgan fingerprint density at radius 2 is 2.15 bits per heavy atom. The number of fused-ring (bicyclic) bond motifs is 1. The molecule has 0 unspecified atom stereocenters. The molecule has 0 saturated carbocycles. The van der Waals surface area contributed by atoms with E-state index in [1.165, 1.54) is 6.07 Å². The summed E-state index contributed by atoms with van der Waals surface area (Å²) in [5.41, 5.74) is 3.19. The van der Waals surface area contributed by atoms with E-state index < -0.39 is 0 Å². The first-order valence-corrected chi connectivity index (χ1v) is 7.38. The molecule has 7 heteroatoms. The van der Waals surface area contributed by atoms with Crippen molar-refractivity contribution in [3.63, 3.8) is 0 Å². The summed E-state index contributed by atoms with van der Waals surface area (Å²) < 4.78 is 16.7. The molecule has 3 rings (SSSR count). The molecule has 1 aromatic carbocycles. The molecule has 4 nitrogen and oxygen atoms in total. The van der Waals surface area contributed by atoms with Gasteiger partial charge in [0.25, 0.3) is 0 Å². The topological polar surface area (TPSA) is 46.5 Å². The van der Waals surface area contributed by atoms with Crippen LogP contribution >= 0.6 is 34.8 Å². The molecular formula is C13H10FIN4S. The second-order valence-electron chi connectivity index (χ2n) is 4.45. The van der Waals surface area contributed by atoms with Crippen LogP contribution in [-0.2, 0) is 6.54 Å². The van der Waals surface area contributed by atoms with E-state index in [1.54, 1.807) is 18.5 Å². The van der Waals surface area contributed by atoms with Crippen LogP contribution in [0.4, 0.5) is 4.39 Å². The van der Waals surface area contributed by atoms with Gasteiger partial charge in [0.15, 0.2) is 4.77 Å². The highest BCUT2D eigenvalue weighted by atomic mass is 127. The molecule has 0 atom stereocenters. The lowest BCUT2D eigenvalue weighted by Crippen LogP contribution is -2.03. The van der Waals surface area contributed by atoms with Crippen molar-refractivity contribution in [2.24, 2.45) is 0 Å². The van der Waals surface area contributed by atoms with Gasteiger partial charge in [0.1, 0.15) is 5.82 Å². The number of hydrogen-bond acceptors (Lipinski definition) is 3. The molecule has 3 aromatic rings. The lowest BCUT2D eigenvalue weighted by molar-refractivity contribution is 0.621. The quantitative estimate of drug-likeness (QED) is 0.529. The van der Waals surface area contributed by atoms with Gasteiger partial charge in [-0.2, -0.15) is 0 Å². The van der Waals surface area contributed by atoms with E-state index in [2.05, 4.69) is 15.0 Å². The zero-order valence-corrected chi connectivity index (χ0v) is 13.5. The van der Waals surface area contributed by atoms with Crippen LogP contribution in [-0.4, -0.2) is 19.5 Å². The molecule has 2 heterocycles. The number of imidazole rings is 1. The average molecular weight is 400 g/mol. The van der Waals surface area contributed by atoms with Crippen LogP contribution in [0.15, 0.2) is 24.5 Å². The normalized spacial score (nSPS) is 11.2. The van der Waals surface area contributed by atoms with Crippen LogP contribution in [0.2, 0.25) is 0 Å². The van der Waals surface area contributed by atoms with Crippen molar-refractivity contribution in [1.82, 2.24) is 19.5 Å². The summed E-state index contributed by atoms with van der Waals surface area (Å²) in [6.45, 7) is 2.34. The molecule has 1 N–H and O–H groups in total. The van der Waals surface area contributed by atoms with Crippen LogP contribution in [0.5, 0.6) is 0 Å². The first-order valence-electron chi connectivity index (χ1n) is 5.89. The number of H-pyrrole nitrogens is 1. The van der Waals surface area contributed by atoms with Gasteiger partial charge < -0.3 is 9.55 Å². The van der Waals surface area contributed by atoms with Crippen molar-refractivity contribution in [3.8, 4) is 0 Å². The maximum Gasteiger partial charge on any atom is 0.178 e. The SMILES string of the molecule is Cc1cnc(Cn2c(=S)[nH]c3cc(I)c(F)cc32)cn1. The minimum absolute atomic E-state index is 0.254. The van der Waals surface area contributed by atoms with Crippen molar-refractivity contribution in [2.45, 2.75) is 13.5 Å². The average Bonchev–Trinajstić information content (AvgIpc) is 2.69. The molecule has 0 bridgehead atoms. The Morgan fingerprint density at radius 1 is 1.35 bits per heavy atom. The highest BCUT2D eigenvalue weighted by Gasteiger charge is 2.09. The minimum Gasteiger partial charge on any atom is -0.331 e. The number of rotatable bonds is 2. The van der Waals surface area contributed by atoms with E-state index in [9.17, 15) is 4.39 Å². The minimum atomic E-state index is -0.254. The van der Waals surface area contributed by atoms with Crippen molar-refractivity contribution >= 4 is 45.8 Å². The number of nitrogens with zero attached hydrogens (tertiary/aromatic N) is 3. The lowest BCUT2D eigenvalue weighted by Gasteiger charge is -2.04. The van der Waals surface area contributed by atoms with Crippen LogP contribution in [0.1, 0.15) is 11.4 Å². The maximum absolute atomic E-state index is 13.7. The molecule has 0 radical (unpaired) electrons. The van der Waals surface area contributed by atoms with E-state index in [1.807, 2.05) is 34.1 Å². The van der Waals surface area contributed by atoms with Crippen LogP contribution in [0.3, 0.4) is 0 Å². The fraction of sp³-hybridized carbons (Fsp3) is 0.154. The zero-order chi connectivity index (χ0) is 14.3.